The van der Waals surface area contributed by atoms with E-state index in [0.717, 1.165) is 0 Å². The third-order valence-electron chi connectivity index (χ3n) is 2.90. The van der Waals surface area contributed by atoms with Crippen LogP contribution in [0.4, 0.5) is 0 Å². The number of methoxy groups -OCH3 is 2. The van der Waals surface area contributed by atoms with Gasteiger partial charge in [0.15, 0.2) is 0 Å². The fourth-order valence-electron chi connectivity index (χ4n) is 1.85. The Kier molecular flexibility index (Phi) is 5.59. The largest absolute Gasteiger partial charge is 0.497 e. The highest BCUT2D eigenvalue weighted by Gasteiger charge is 2.25. The molecule has 0 aliphatic heterocycles. The van der Waals surface area contributed by atoms with Crippen molar-refractivity contribution in [3.8, 4) is 11.5 Å². The van der Waals surface area contributed by atoms with Crippen molar-refractivity contribution in [2.45, 2.75) is 18.6 Å². The summed E-state index contributed by atoms with van der Waals surface area (Å²) in [7, 11) is 4.61. The predicted octanol–water partition coefficient (Wildman–Crippen LogP) is 0.800. The zero-order chi connectivity index (χ0) is 14.4. The molecule has 1 aromatic rings. The first-order valence-electron chi connectivity index (χ1n) is 5.82. The summed E-state index contributed by atoms with van der Waals surface area (Å²) in [5.41, 5.74) is 0.488. The summed E-state index contributed by atoms with van der Waals surface area (Å²) < 4.78 is 10.3. The van der Waals surface area contributed by atoms with E-state index in [1.807, 2.05) is 0 Å². The number of rotatable bonds is 7. The first-order chi connectivity index (χ1) is 9.03. The molecule has 0 aliphatic carbocycles. The van der Waals surface area contributed by atoms with Gasteiger partial charge in [-0.25, -0.2) is 0 Å². The molecule has 6 nitrogen and oxygen atoms in total. The van der Waals surface area contributed by atoms with Crippen LogP contribution in [0.15, 0.2) is 18.2 Å². The highest BCUT2D eigenvalue weighted by Crippen LogP contribution is 2.31. The summed E-state index contributed by atoms with van der Waals surface area (Å²) in [6.07, 6.45) is -1.20. The Labute approximate surface area is 112 Å². The lowest BCUT2D eigenvalue weighted by Crippen LogP contribution is -2.34. The van der Waals surface area contributed by atoms with Crippen LogP contribution in [0.3, 0.4) is 0 Å². The van der Waals surface area contributed by atoms with E-state index in [2.05, 4.69) is 5.32 Å². The van der Waals surface area contributed by atoms with E-state index in [9.17, 15) is 9.90 Å². The number of ether oxygens (including phenoxy) is 2. The monoisotopic (exact) mass is 269 g/mol. The molecule has 0 radical (unpaired) electrons. The summed E-state index contributed by atoms with van der Waals surface area (Å²) >= 11 is 0. The second-order valence-electron chi connectivity index (χ2n) is 4.05. The van der Waals surface area contributed by atoms with Crippen molar-refractivity contribution < 1.29 is 24.5 Å². The number of benzene rings is 1. The Hall–Kier alpha value is -1.79. The number of nitrogens with one attached hydrogen (secondary N) is 1. The zero-order valence-corrected chi connectivity index (χ0v) is 11.2. The maximum atomic E-state index is 10.8. The summed E-state index contributed by atoms with van der Waals surface area (Å²) in [4.78, 5) is 10.8. The Bertz CT molecular complexity index is 435. The summed E-state index contributed by atoms with van der Waals surface area (Å²) in [5, 5.41) is 21.9. The molecule has 0 fully saturated rings. The van der Waals surface area contributed by atoms with E-state index >= 15 is 0 Å². The van der Waals surface area contributed by atoms with Gasteiger partial charge in [-0.05, 0) is 25.2 Å². The van der Waals surface area contributed by atoms with Gasteiger partial charge in [0.05, 0.1) is 26.7 Å². The molecule has 2 unspecified atom stereocenters. The minimum absolute atomic E-state index is 0.196. The van der Waals surface area contributed by atoms with Crippen LogP contribution in [0.2, 0.25) is 0 Å². The molecule has 0 amide bonds. The van der Waals surface area contributed by atoms with Gasteiger partial charge in [0, 0.05) is 11.6 Å². The highest BCUT2D eigenvalue weighted by atomic mass is 16.5. The topological polar surface area (TPSA) is 88.0 Å². The third kappa shape index (κ3) is 3.84. The fraction of sp³-hybridized carbons (Fsp3) is 0.462. The van der Waals surface area contributed by atoms with Crippen LogP contribution < -0.4 is 14.8 Å². The quantitative estimate of drug-likeness (QED) is 0.678. The molecule has 6 heteroatoms. The maximum Gasteiger partial charge on any atom is 0.305 e. The van der Waals surface area contributed by atoms with Gasteiger partial charge < -0.3 is 25.0 Å². The number of carboxylic acid groups (broad SMARTS) is 1. The molecule has 1 rings (SSSR count). The lowest BCUT2D eigenvalue weighted by molar-refractivity contribution is -0.138. The van der Waals surface area contributed by atoms with Crippen molar-refractivity contribution in [2.24, 2.45) is 0 Å². The van der Waals surface area contributed by atoms with Crippen LogP contribution in [0, 0.1) is 0 Å². The molecule has 0 aliphatic rings. The number of likely N-dealkylation sites (N-methyl/N-ethyl adjacent to an activating group) is 1. The number of aliphatic hydroxyl groups excluding tert-OH is 1. The normalized spacial score (nSPS) is 13.7. The van der Waals surface area contributed by atoms with Gasteiger partial charge >= 0.3 is 5.97 Å². The zero-order valence-electron chi connectivity index (χ0n) is 11.2. The average Bonchev–Trinajstić information content (AvgIpc) is 2.42. The number of aliphatic carboxylic acids is 1. The average molecular weight is 269 g/mol. The summed E-state index contributed by atoms with van der Waals surface area (Å²) in [6, 6.07) is 4.40. The second kappa shape index (κ2) is 6.96. The number of carboxylic acids is 1. The Morgan fingerprint density at radius 1 is 1.37 bits per heavy atom. The van der Waals surface area contributed by atoms with Crippen molar-refractivity contribution in [1.82, 2.24) is 5.32 Å². The number of hydrogen-bond acceptors (Lipinski definition) is 5. The Balaban J connectivity index is 3.07. The van der Waals surface area contributed by atoms with Crippen LogP contribution in [0.1, 0.15) is 18.1 Å². The van der Waals surface area contributed by atoms with Crippen LogP contribution in [-0.2, 0) is 4.79 Å². The Morgan fingerprint density at radius 2 is 2.05 bits per heavy atom. The van der Waals surface area contributed by atoms with Crippen LogP contribution in [-0.4, -0.2) is 43.5 Å². The van der Waals surface area contributed by atoms with Gasteiger partial charge in [-0.15, -0.1) is 0 Å². The van der Waals surface area contributed by atoms with Crippen LogP contribution in [0.5, 0.6) is 11.5 Å². The number of hydrogen-bond donors (Lipinski definition) is 3. The number of carbonyl (C=O) groups is 1. The third-order valence-corrected chi connectivity index (χ3v) is 2.90. The molecule has 19 heavy (non-hydrogen) atoms. The SMILES string of the molecule is CNC(CC(=O)O)C(O)c1cc(OC)ccc1OC. The summed E-state index contributed by atoms with van der Waals surface area (Å²) in [6.45, 7) is 0. The molecule has 0 heterocycles. The van der Waals surface area contributed by atoms with E-state index in [4.69, 9.17) is 14.6 Å². The second-order valence-corrected chi connectivity index (χ2v) is 4.05. The molecule has 1 aromatic carbocycles. The Morgan fingerprint density at radius 3 is 2.53 bits per heavy atom. The van der Waals surface area contributed by atoms with Crippen molar-refractivity contribution in [1.29, 1.82) is 0 Å². The lowest BCUT2D eigenvalue weighted by Gasteiger charge is -2.23. The first-order valence-corrected chi connectivity index (χ1v) is 5.82. The van der Waals surface area contributed by atoms with E-state index in [1.54, 1.807) is 25.2 Å². The minimum atomic E-state index is -1.01. The van der Waals surface area contributed by atoms with Gasteiger partial charge in [0.2, 0.25) is 0 Å². The smallest absolute Gasteiger partial charge is 0.305 e. The molecule has 3 N–H and O–H groups in total. The molecular formula is C13H19NO5. The predicted molar refractivity (Wildman–Crippen MR) is 69.6 cm³/mol. The van der Waals surface area contributed by atoms with Crippen LogP contribution >= 0.6 is 0 Å². The van der Waals surface area contributed by atoms with E-state index in [0.29, 0.717) is 17.1 Å². The maximum absolute atomic E-state index is 10.8. The molecule has 0 saturated heterocycles. The van der Waals surface area contributed by atoms with E-state index < -0.39 is 18.1 Å². The standard InChI is InChI=1S/C13H19NO5/c1-14-10(7-12(15)16)13(17)9-6-8(18-2)4-5-11(9)19-3/h4-6,10,13-14,17H,7H2,1-3H3,(H,15,16). The van der Waals surface area contributed by atoms with Gasteiger partial charge in [0.1, 0.15) is 11.5 Å². The summed E-state index contributed by atoms with van der Waals surface area (Å²) in [5.74, 6) is 0.0687. The molecule has 0 bridgehead atoms. The molecule has 0 spiro atoms. The number of aliphatic hydroxyl groups is 1. The van der Waals surface area contributed by atoms with Crippen molar-refractivity contribution in [2.75, 3.05) is 21.3 Å². The van der Waals surface area contributed by atoms with Crippen LogP contribution in [0.25, 0.3) is 0 Å². The van der Waals surface area contributed by atoms with Gasteiger partial charge in [-0.1, -0.05) is 0 Å². The molecule has 0 saturated carbocycles. The lowest BCUT2D eigenvalue weighted by atomic mass is 9.98. The van der Waals surface area contributed by atoms with Crippen molar-refractivity contribution >= 4 is 5.97 Å². The van der Waals surface area contributed by atoms with Crippen molar-refractivity contribution in [3.63, 3.8) is 0 Å². The highest BCUT2D eigenvalue weighted by molar-refractivity contribution is 5.67. The minimum Gasteiger partial charge on any atom is -0.497 e. The molecule has 106 valence electrons. The molecule has 2 atom stereocenters. The molecular weight excluding hydrogens is 250 g/mol. The van der Waals surface area contributed by atoms with E-state index in [-0.39, 0.29) is 6.42 Å². The van der Waals surface area contributed by atoms with Gasteiger partial charge in [-0.2, -0.15) is 0 Å². The first kappa shape index (κ1) is 15.3. The molecule has 0 aromatic heterocycles. The van der Waals surface area contributed by atoms with Crippen molar-refractivity contribution in [3.05, 3.63) is 23.8 Å². The van der Waals surface area contributed by atoms with Gasteiger partial charge in [0.25, 0.3) is 0 Å². The van der Waals surface area contributed by atoms with E-state index in [1.165, 1.54) is 14.2 Å². The van der Waals surface area contributed by atoms with Gasteiger partial charge in [-0.3, -0.25) is 4.79 Å². The fourth-order valence-corrected chi connectivity index (χ4v) is 1.85.